The van der Waals surface area contributed by atoms with E-state index in [1.807, 2.05) is 60.8 Å². The summed E-state index contributed by atoms with van der Waals surface area (Å²) in [7, 11) is 0. The smallest absolute Gasteiger partial charge is 0.136 e. The van der Waals surface area contributed by atoms with Crippen LogP contribution in [-0.2, 0) is 0 Å². The van der Waals surface area contributed by atoms with E-state index in [-0.39, 0.29) is 0 Å². The van der Waals surface area contributed by atoms with Crippen molar-refractivity contribution < 1.29 is 4.42 Å². The average Bonchev–Trinajstić information content (AvgIpc) is 3.27. The third kappa shape index (κ3) is 2.01. The number of hydrogen-bond donors (Lipinski definition) is 0. The Morgan fingerprint density at radius 2 is 1.54 bits per heavy atom. The van der Waals surface area contributed by atoms with E-state index in [1.54, 1.807) is 4.68 Å². The molecule has 5 rings (SSSR count). The molecule has 3 aromatic carbocycles. The van der Waals surface area contributed by atoms with Gasteiger partial charge < -0.3 is 4.42 Å². The number of nitrogens with zero attached hydrogens (tertiary/aromatic N) is 3. The zero-order valence-corrected chi connectivity index (χ0v) is 12.8. The number of rotatable bonds is 2. The molecule has 2 aromatic heterocycles. The predicted octanol–water partition coefficient (Wildman–Crippen LogP) is 4.83. The molecule has 24 heavy (non-hydrogen) atoms. The number of furan rings is 1. The summed E-state index contributed by atoms with van der Waals surface area (Å²) in [5.41, 5.74) is 4.56. The van der Waals surface area contributed by atoms with Gasteiger partial charge in [0.2, 0.25) is 0 Å². The van der Waals surface area contributed by atoms with Gasteiger partial charge in [0, 0.05) is 16.3 Å². The van der Waals surface area contributed by atoms with Gasteiger partial charge in [0.05, 0.1) is 11.9 Å². The summed E-state index contributed by atoms with van der Waals surface area (Å²) in [5, 5.41) is 10.8. The summed E-state index contributed by atoms with van der Waals surface area (Å²) in [6.07, 6.45) is 1.93. The molecule has 5 aromatic rings. The lowest BCUT2D eigenvalue weighted by Crippen LogP contribution is -1.93. The second-order valence-electron chi connectivity index (χ2n) is 5.69. The van der Waals surface area contributed by atoms with Gasteiger partial charge in [-0.05, 0) is 30.3 Å². The van der Waals surface area contributed by atoms with Crippen LogP contribution in [0.5, 0.6) is 0 Å². The fourth-order valence-corrected chi connectivity index (χ4v) is 2.99. The highest BCUT2D eigenvalue weighted by Gasteiger charge is 2.10. The Balaban J connectivity index is 1.62. The van der Waals surface area contributed by atoms with E-state index < -0.39 is 0 Å². The molecule has 0 bridgehead atoms. The van der Waals surface area contributed by atoms with Crippen molar-refractivity contribution in [1.29, 1.82) is 0 Å². The van der Waals surface area contributed by atoms with Crippen LogP contribution in [0.25, 0.3) is 38.9 Å². The van der Waals surface area contributed by atoms with Crippen LogP contribution in [0.1, 0.15) is 0 Å². The lowest BCUT2D eigenvalue weighted by Gasteiger charge is -1.98. The molecule has 4 nitrogen and oxygen atoms in total. The zero-order chi connectivity index (χ0) is 15.9. The minimum atomic E-state index is 0.821. The minimum Gasteiger partial charge on any atom is -0.456 e. The van der Waals surface area contributed by atoms with Crippen LogP contribution in [-0.4, -0.2) is 15.0 Å². The highest BCUT2D eigenvalue weighted by Crippen LogP contribution is 2.31. The lowest BCUT2D eigenvalue weighted by atomic mass is 10.1. The van der Waals surface area contributed by atoms with Crippen molar-refractivity contribution in [2.45, 2.75) is 0 Å². The molecule has 0 atom stereocenters. The molecule has 0 aliphatic rings. The molecular weight excluding hydrogens is 298 g/mol. The quantitative estimate of drug-likeness (QED) is 0.469. The fourth-order valence-electron chi connectivity index (χ4n) is 2.99. The molecular formula is C20H13N3O. The number of benzene rings is 3. The molecule has 0 N–H and O–H groups in total. The minimum absolute atomic E-state index is 0.821. The first-order valence-electron chi connectivity index (χ1n) is 7.78. The Morgan fingerprint density at radius 1 is 0.750 bits per heavy atom. The summed E-state index contributed by atoms with van der Waals surface area (Å²) < 4.78 is 7.73. The van der Waals surface area contributed by atoms with Crippen molar-refractivity contribution in [2.75, 3.05) is 0 Å². The Morgan fingerprint density at radius 3 is 2.46 bits per heavy atom. The van der Waals surface area contributed by atoms with Gasteiger partial charge >= 0.3 is 0 Å². The Bertz CT molecular complexity index is 1160. The van der Waals surface area contributed by atoms with Crippen molar-refractivity contribution in [3.8, 4) is 16.9 Å². The molecule has 0 spiro atoms. The van der Waals surface area contributed by atoms with Gasteiger partial charge in [0.25, 0.3) is 0 Å². The summed E-state index contributed by atoms with van der Waals surface area (Å²) in [5.74, 6) is 0. The van der Waals surface area contributed by atoms with Crippen LogP contribution >= 0.6 is 0 Å². The third-order valence-corrected chi connectivity index (χ3v) is 4.19. The highest BCUT2D eigenvalue weighted by molar-refractivity contribution is 6.05. The second-order valence-corrected chi connectivity index (χ2v) is 5.69. The van der Waals surface area contributed by atoms with Gasteiger partial charge in [0.15, 0.2) is 0 Å². The van der Waals surface area contributed by atoms with Crippen LogP contribution in [0, 0.1) is 0 Å². The topological polar surface area (TPSA) is 43.9 Å². The molecule has 0 aliphatic heterocycles. The number of fused-ring (bicyclic) bond motifs is 3. The number of para-hydroxylation sites is 2. The van der Waals surface area contributed by atoms with Crippen LogP contribution < -0.4 is 0 Å². The van der Waals surface area contributed by atoms with Crippen LogP contribution in [0.2, 0.25) is 0 Å². The van der Waals surface area contributed by atoms with Gasteiger partial charge in [-0.15, -0.1) is 5.10 Å². The maximum Gasteiger partial charge on any atom is 0.136 e. The molecule has 0 unspecified atom stereocenters. The monoisotopic (exact) mass is 311 g/mol. The predicted molar refractivity (Wildman–Crippen MR) is 94.1 cm³/mol. The van der Waals surface area contributed by atoms with E-state index in [9.17, 15) is 0 Å². The normalized spacial score (nSPS) is 11.3. The molecule has 114 valence electrons. The first kappa shape index (κ1) is 13.1. The van der Waals surface area contributed by atoms with Crippen molar-refractivity contribution in [3.63, 3.8) is 0 Å². The van der Waals surface area contributed by atoms with Crippen molar-refractivity contribution >= 4 is 21.9 Å². The standard InChI is InChI=1S/C20H13N3O/c1-2-6-15(7-3-1)23-13-18(21-22-23)14-10-11-17-16-8-4-5-9-19(16)24-20(17)12-14/h1-13H. The summed E-state index contributed by atoms with van der Waals surface area (Å²) in [4.78, 5) is 0. The molecule has 0 aliphatic carbocycles. The SMILES string of the molecule is c1ccc(-n2cc(-c3ccc4c(c3)oc3ccccc34)nn2)cc1. The third-order valence-electron chi connectivity index (χ3n) is 4.19. The fraction of sp³-hybridized carbons (Fsp3) is 0. The van der Waals surface area contributed by atoms with E-state index in [2.05, 4.69) is 28.5 Å². The zero-order valence-electron chi connectivity index (χ0n) is 12.8. The van der Waals surface area contributed by atoms with Gasteiger partial charge in [0.1, 0.15) is 16.9 Å². The van der Waals surface area contributed by atoms with Gasteiger partial charge in [-0.3, -0.25) is 0 Å². The van der Waals surface area contributed by atoms with Gasteiger partial charge in [-0.25, -0.2) is 4.68 Å². The van der Waals surface area contributed by atoms with Crippen LogP contribution in [0.3, 0.4) is 0 Å². The summed E-state index contributed by atoms with van der Waals surface area (Å²) in [6, 6.07) is 24.2. The van der Waals surface area contributed by atoms with E-state index in [4.69, 9.17) is 4.42 Å². The number of hydrogen-bond acceptors (Lipinski definition) is 3. The van der Waals surface area contributed by atoms with Crippen LogP contribution in [0.15, 0.2) is 83.4 Å². The maximum absolute atomic E-state index is 5.95. The summed E-state index contributed by atoms with van der Waals surface area (Å²) >= 11 is 0. The van der Waals surface area contributed by atoms with E-state index in [0.29, 0.717) is 0 Å². The van der Waals surface area contributed by atoms with Crippen molar-refractivity contribution in [1.82, 2.24) is 15.0 Å². The second kappa shape index (κ2) is 5.06. The van der Waals surface area contributed by atoms with Gasteiger partial charge in [-0.2, -0.15) is 0 Å². The number of aromatic nitrogens is 3. The Hall–Kier alpha value is -3.40. The van der Waals surface area contributed by atoms with Crippen molar-refractivity contribution in [3.05, 3.63) is 79.0 Å². The van der Waals surface area contributed by atoms with Crippen molar-refractivity contribution in [2.24, 2.45) is 0 Å². The Labute approximate surface area is 137 Å². The molecule has 0 fully saturated rings. The molecule has 0 saturated carbocycles. The molecule has 0 amide bonds. The first-order chi connectivity index (χ1) is 11.9. The Kier molecular flexibility index (Phi) is 2.76. The first-order valence-corrected chi connectivity index (χ1v) is 7.78. The molecule has 2 heterocycles. The van der Waals surface area contributed by atoms with E-state index in [0.717, 1.165) is 38.9 Å². The summed E-state index contributed by atoms with van der Waals surface area (Å²) in [6.45, 7) is 0. The largest absolute Gasteiger partial charge is 0.456 e. The lowest BCUT2D eigenvalue weighted by molar-refractivity contribution is 0.669. The molecule has 0 radical (unpaired) electrons. The van der Waals surface area contributed by atoms with Crippen LogP contribution in [0.4, 0.5) is 0 Å². The van der Waals surface area contributed by atoms with Gasteiger partial charge in [-0.1, -0.05) is 47.7 Å². The highest BCUT2D eigenvalue weighted by atomic mass is 16.3. The maximum atomic E-state index is 5.95. The van der Waals surface area contributed by atoms with E-state index >= 15 is 0 Å². The average molecular weight is 311 g/mol. The van der Waals surface area contributed by atoms with E-state index in [1.165, 1.54) is 0 Å². The molecule has 4 heteroatoms. The molecule has 0 saturated heterocycles.